The van der Waals surface area contributed by atoms with Crippen LogP contribution in [0.1, 0.15) is 39.0 Å². The molecule has 20 heavy (non-hydrogen) atoms. The first-order valence-electron chi connectivity index (χ1n) is 7.83. The van der Waals surface area contributed by atoms with Gasteiger partial charge in [-0.1, -0.05) is 6.42 Å². The molecule has 3 aliphatic heterocycles. The molecule has 2 amide bonds. The van der Waals surface area contributed by atoms with Gasteiger partial charge in [-0.05, 0) is 38.0 Å². The zero-order chi connectivity index (χ0) is 13.9. The first-order chi connectivity index (χ1) is 9.58. The highest BCUT2D eigenvalue weighted by Gasteiger charge is 2.54. The van der Waals surface area contributed by atoms with Gasteiger partial charge in [0.15, 0.2) is 0 Å². The summed E-state index contributed by atoms with van der Waals surface area (Å²) >= 11 is 1.79. The third-order valence-corrected chi connectivity index (χ3v) is 7.27. The van der Waals surface area contributed by atoms with E-state index in [2.05, 4.69) is 11.8 Å². The van der Waals surface area contributed by atoms with Crippen molar-refractivity contribution < 1.29 is 9.59 Å². The number of amides is 2. The van der Waals surface area contributed by atoms with Gasteiger partial charge in [0.25, 0.3) is 0 Å². The normalized spacial score (nSPS) is 43.2. The summed E-state index contributed by atoms with van der Waals surface area (Å²) in [4.78, 5) is 28.8. The van der Waals surface area contributed by atoms with Gasteiger partial charge in [0, 0.05) is 25.3 Å². The van der Waals surface area contributed by atoms with Gasteiger partial charge in [0.2, 0.25) is 11.8 Å². The second-order valence-electron chi connectivity index (χ2n) is 6.96. The third-order valence-electron chi connectivity index (χ3n) is 5.77. The van der Waals surface area contributed by atoms with Crippen LogP contribution in [-0.4, -0.2) is 51.4 Å². The number of fused-ring (bicyclic) bond motifs is 2. The second kappa shape index (κ2) is 4.39. The molecular formula is C15H22N2O2S. The van der Waals surface area contributed by atoms with Crippen molar-refractivity contribution in [3.05, 3.63) is 0 Å². The number of rotatable bonds is 1. The van der Waals surface area contributed by atoms with Crippen molar-refractivity contribution in [1.29, 1.82) is 0 Å². The topological polar surface area (TPSA) is 40.6 Å². The minimum Gasteiger partial charge on any atom is -0.340 e. The van der Waals surface area contributed by atoms with Crippen molar-refractivity contribution in [3.8, 4) is 0 Å². The van der Waals surface area contributed by atoms with Gasteiger partial charge in [0.1, 0.15) is 6.04 Å². The Morgan fingerprint density at radius 1 is 1.30 bits per heavy atom. The number of thioether (sulfide) groups is 1. The fourth-order valence-corrected chi connectivity index (χ4v) is 6.05. The van der Waals surface area contributed by atoms with Crippen LogP contribution in [0.25, 0.3) is 0 Å². The lowest BCUT2D eigenvalue weighted by molar-refractivity contribution is -0.143. The van der Waals surface area contributed by atoms with Crippen LogP contribution in [0.3, 0.4) is 0 Å². The van der Waals surface area contributed by atoms with E-state index in [0.29, 0.717) is 6.42 Å². The van der Waals surface area contributed by atoms with E-state index in [-0.39, 0.29) is 22.7 Å². The third kappa shape index (κ3) is 1.74. The van der Waals surface area contributed by atoms with Crippen LogP contribution in [0.15, 0.2) is 0 Å². The van der Waals surface area contributed by atoms with E-state index < -0.39 is 0 Å². The smallest absolute Gasteiger partial charge is 0.246 e. The van der Waals surface area contributed by atoms with E-state index in [1.165, 1.54) is 19.3 Å². The van der Waals surface area contributed by atoms with Gasteiger partial charge in [-0.3, -0.25) is 9.59 Å². The van der Waals surface area contributed by atoms with E-state index >= 15 is 0 Å². The van der Waals surface area contributed by atoms with E-state index in [1.54, 1.807) is 11.8 Å². The molecule has 4 nitrogen and oxygen atoms in total. The maximum atomic E-state index is 12.8. The summed E-state index contributed by atoms with van der Waals surface area (Å²) < 4.78 is 0. The van der Waals surface area contributed by atoms with Crippen LogP contribution in [0.4, 0.5) is 0 Å². The number of carbonyl (C=O) groups is 2. The highest BCUT2D eigenvalue weighted by Crippen LogP contribution is 2.48. The van der Waals surface area contributed by atoms with Crippen LogP contribution in [0, 0.1) is 11.8 Å². The minimum atomic E-state index is -0.196. The van der Waals surface area contributed by atoms with E-state index in [1.807, 2.05) is 4.90 Å². The van der Waals surface area contributed by atoms with Crippen molar-refractivity contribution >= 4 is 23.6 Å². The average Bonchev–Trinajstić information content (AvgIpc) is 3.10. The summed E-state index contributed by atoms with van der Waals surface area (Å²) in [6.45, 7) is 3.99. The number of hydrogen-bond acceptors (Lipinski definition) is 3. The van der Waals surface area contributed by atoms with Crippen LogP contribution >= 0.6 is 11.8 Å². The highest BCUT2D eigenvalue weighted by molar-refractivity contribution is 8.01. The van der Waals surface area contributed by atoms with E-state index in [9.17, 15) is 9.59 Å². The van der Waals surface area contributed by atoms with Gasteiger partial charge in [0.05, 0.1) is 4.87 Å². The molecule has 5 heteroatoms. The zero-order valence-corrected chi connectivity index (χ0v) is 12.8. The lowest BCUT2D eigenvalue weighted by Gasteiger charge is -2.32. The molecule has 4 aliphatic rings. The first kappa shape index (κ1) is 13.0. The molecule has 1 saturated carbocycles. The molecule has 0 unspecified atom stereocenters. The van der Waals surface area contributed by atoms with Crippen molar-refractivity contribution in [2.24, 2.45) is 11.8 Å². The van der Waals surface area contributed by atoms with Crippen LogP contribution in [0.5, 0.6) is 0 Å². The van der Waals surface area contributed by atoms with Crippen LogP contribution in [-0.2, 0) is 9.59 Å². The highest BCUT2D eigenvalue weighted by atomic mass is 32.2. The molecule has 0 aromatic carbocycles. The Balaban J connectivity index is 1.51. The Morgan fingerprint density at radius 3 is 2.70 bits per heavy atom. The minimum absolute atomic E-state index is 0.118. The van der Waals surface area contributed by atoms with E-state index in [4.69, 9.17) is 0 Å². The maximum Gasteiger partial charge on any atom is 0.246 e. The van der Waals surface area contributed by atoms with Crippen molar-refractivity contribution in [2.75, 3.05) is 18.8 Å². The molecule has 0 aromatic rings. The molecule has 0 N–H and O–H groups in total. The van der Waals surface area contributed by atoms with Crippen molar-refractivity contribution in [1.82, 2.24) is 9.80 Å². The summed E-state index contributed by atoms with van der Waals surface area (Å²) in [5.41, 5.74) is 0. The Kier molecular flexibility index (Phi) is 2.85. The molecule has 3 heterocycles. The number of carbonyl (C=O) groups excluding carboxylic acids is 2. The SMILES string of the molecule is C[C@]12CCC(=O)N1[C@H](C(=O)N1C[C@H]3CCC[C@@H]3C1)CS2. The predicted molar refractivity (Wildman–Crippen MR) is 78.1 cm³/mol. The van der Waals surface area contributed by atoms with Crippen molar-refractivity contribution in [2.45, 2.75) is 49.9 Å². The molecular weight excluding hydrogens is 272 g/mol. The standard InChI is InChI=1S/C15H22N2O2S/c1-15-6-5-13(18)17(15)12(9-20-15)14(19)16-7-10-3-2-4-11(10)8-16/h10-12H,2-9H2,1H3/t10-,11-,12+,15+/m1/s1. The molecule has 4 fully saturated rings. The number of hydrogen-bond donors (Lipinski definition) is 0. The van der Waals surface area contributed by atoms with E-state index in [0.717, 1.165) is 37.1 Å². The number of nitrogens with zero attached hydrogens (tertiary/aromatic N) is 2. The van der Waals surface area contributed by atoms with Gasteiger partial charge >= 0.3 is 0 Å². The summed E-state index contributed by atoms with van der Waals surface area (Å²) in [5.74, 6) is 2.64. The number of likely N-dealkylation sites (tertiary alicyclic amines) is 1. The van der Waals surface area contributed by atoms with Crippen molar-refractivity contribution in [3.63, 3.8) is 0 Å². The Labute approximate surface area is 124 Å². The van der Waals surface area contributed by atoms with Gasteiger partial charge in [-0.2, -0.15) is 0 Å². The first-order valence-corrected chi connectivity index (χ1v) is 8.82. The van der Waals surface area contributed by atoms with Gasteiger partial charge in [-0.15, -0.1) is 11.8 Å². The predicted octanol–water partition coefficient (Wildman–Crippen LogP) is 1.70. The largest absolute Gasteiger partial charge is 0.340 e. The van der Waals surface area contributed by atoms with Gasteiger partial charge < -0.3 is 9.80 Å². The quantitative estimate of drug-likeness (QED) is 0.739. The molecule has 0 bridgehead atoms. The maximum absolute atomic E-state index is 12.8. The van der Waals surface area contributed by atoms with Gasteiger partial charge in [-0.25, -0.2) is 0 Å². The zero-order valence-electron chi connectivity index (χ0n) is 12.0. The van der Waals surface area contributed by atoms with Crippen LogP contribution < -0.4 is 0 Å². The molecule has 0 aromatic heterocycles. The molecule has 4 atom stereocenters. The van der Waals surface area contributed by atoms with Crippen LogP contribution in [0.2, 0.25) is 0 Å². The molecule has 0 radical (unpaired) electrons. The fraction of sp³-hybridized carbons (Fsp3) is 0.867. The Hall–Kier alpha value is -0.710. The molecule has 110 valence electrons. The Bertz CT molecular complexity index is 457. The summed E-state index contributed by atoms with van der Waals surface area (Å²) in [7, 11) is 0. The Morgan fingerprint density at radius 2 is 2.00 bits per heavy atom. The monoisotopic (exact) mass is 294 g/mol. The lowest BCUT2D eigenvalue weighted by Crippen LogP contribution is -2.51. The molecule has 3 saturated heterocycles. The average molecular weight is 294 g/mol. The molecule has 1 aliphatic carbocycles. The summed E-state index contributed by atoms with van der Waals surface area (Å²) in [6.07, 6.45) is 5.41. The summed E-state index contributed by atoms with van der Waals surface area (Å²) in [5, 5.41) is 0. The fourth-order valence-electron chi connectivity index (χ4n) is 4.63. The molecule has 4 rings (SSSR count). The lowest BCUT2D eigenvalue weighted by atomic mass is 10.0. The summed E-state index contributed by atoms with van der Waals surface area (Å²) in [6, 6.07) is -0.196. The second-order valence-corrected chi connectivity index (χ2v) is 8.46. The molecule has 0 spiro atoms.